The van der Waals surface area contributed by atoms with E-state index in [1.54, 1.807) is 31.2 Å². The minimum Gasteiger partial charge on any atom is -0.357 e. The standard InChI is InChI=1S/C20H21Cl2FN2O2S/c1-13(20(27)24-2)25(10-14-3-6-16(23)7-4-14)19(26)12-28-11-15-5-8-17(21)18(22)9-15/h3-9,13H,10-12H2,1-2H3,(H,24,27)/t13-/m0/s1. The number of thioether (sulfide) groups is 1. The summed E-state index contributed by atoms with van der Waals surface area (Å²) in [6, 6.07) is 10.6. The van der Waals surface area contributed by atoms with E-state index in [-0.39, 0.29) is 29.9 Å². The fraction of sp³-hybridized carbons (Fsp3) is 0.300. The lowest BCUT2D eigenvalue weighted by Crippen LogP contribution is -2.47. The first-order valence-electron chi connectivity index (χ1n) is 8.59. The van der Waals surface area contributed by atoms with Crippen LogP contribution in [-0.2, 0) is 21.9 Å². The Morgan fingerprint density at radius 1 is 1.11 bits per heavy atom. The van der Waals surface area contributed by atoms with Gasteiger partial charge in [0.05, 0.1) is 15.8 Å². The molecule has 150 valence electrons. The molecule has 0 unspecified atom stereocenters. The number of nitrogens with zero attached hydrogens (tertiary/aromatic N) is 1. The van der Waals surface area contributed by atoms with Gasteiger partial charge in [-0.2, -0.15) is 0 Å². The molecule has 8 heteroatoms. The van der Waals surface area contributed by atoms with E-state index in [4.69, 9.17) is 23.2 Å². The lowest BCUT2D eigenvalue weighted by molar-refractivity contribution is -0.138. The molecule has 1 N–H and O–H groups in total. The average Bonchev–Trinajstić information content (AvgIpc) is 2.69. The van der Waals surface area contributed by atoms with Crippen LogP contribution in [0.15, 0.2) is 42.5 Å². The normalized spacial score (nSPS) is 11.8. The van der Waals surface area contributed by atoms with Gasteiger partial charge in [-0.3, -0.25) is 9.59 Å². The highest BCUT2D eigenvalue weighted by Crippen LogP contribution is 2.25. The van der Waals surface area contributed by atoms with Gasteiger partial charge in [-0.05, 0) is 42.3 Å². The summed E-state index contributed by atoms with van der Waals surface area (Å²) >= 11 is 13.3. The molecule has 0 heterocycles. The Hall–Kier alpha value is -1.76. The molecule has 0 aliphatic rings. The zero-order valence-electron chi connectivity index (χ0n) is 15.5. The van der Waals surface area contributed by atoms with Crippen LogP contribution in [0, 0.1) is 5.82 Å². The fourth-order valence-electron chi connectivity index (χ4n) is 2.55. The van der Waals surface area contributed by atoms with Gasteiger partial charge < -0.3 is 10.2 Å². The van der Waals surface area contributed by atoms with E-state index >= 15 is 0 Å². The smallest absolute Gasteiger partial charge is 0.242 e. The van der Waals surface area contributed by atoms with Gasteiger partial charge >= 0.3 is 0 Å². The Labute approximate surface area is 178 Å². The predicted octanol–water partition coefficient (Wildman–Crippen LogP) is 4.53. The number of amides is 2. The average molecular weight is 443 g/mol. The van der Waals surface area contributed by atoms with Crippen molar-refractivity contribution >= 4 is 46.8 Å². The minimum absolute atomic E-state index is 0.175. The summed E-state index contributed by atoms with van der Waals surface area (Å²) in [4.78, 5) is 26.4. The molecule has 0 saturated carbocycles. The van der Waals surface area contributed by atoms with E-state index in [1.807, 2.05) is 6.07 Å². The third-order valence-corrected chi connectivity index (χ3v) is 5.89. The topological polar surface area (TPSA) is 49.4 Å². The van der Waals surface area contributed by atoms with Gasteiger partial charge in [0.2, 0.25) is 11.8 Å². The van der Waals surface area contributed by atoms with Crippen LogP contribution in [0.5, 0.6) is 0 Å². The zero-order chi connectivity index (χ0) is 20.7. The van der Waals surface area contributed by atoms with E-state index in [1.165, 1.54) is 35.8 Å². The van der Waals surface area contributed by atoms with Crippen molar-refractivity contribution < 1.29 is 14.0 Å². The van der Waals surface area contributed by atoms with Gasteiger partial charge in [0.25, 0.3) is 0 Å². The van der Waals surface area contributed by atoms with Crippen LogP contribution in [-0.4, -0.2) is 35.6 Å². The van der Waals surface area contributed by atoms with Crippen LogP contribution in [0.2, 0.25) is 10.0 Å². The second kappa shape index (κ2) is 10.7. The van der Waals surface area contributed by atoms with Gasteiger partial charge in [0.1, 0.15) is 11.9 Å². The first-order chi connectivity index (χ1) is 13.3. The molecule has 2 rings (SSSR count). The van der Waals surface area contributed by atoms with Crippen LogP contribution in [0.1, 0.15) is 18.1 Å². The molecule has 2 aromatic carbocycles. The van der Waals surface area contributed by atoms with Gasteiger partial charge in [0, 0.05) is 19.3 Å². The van der Waals surface area contributed by atoms with E-state index in [9.17, 15) is 14.0 Å². The van der Waals surface area contributed by atoms with Crippen molar-refractivity contribution in [3.05, 3.63) is 69.5 Å². The largest absolute Gasteiger partial charge is 0.357 e. The molecule has 0 aromatic heterocycles. The summed E-state index contributed by atoms with van der Waals surface area (Å²) in [6.07, 6.45) is 0. The molecule has 0 fully saturated rings. The lowest BCUT2D eigenvalue weighted by Gasteiger charge is -2.28. The molecule has 28 heavy (non-hydrogen) atoms. The highest BCUT2D eigenvalue weighted by molar-refractivity contribution is 7.99. The van der Waals surface area contributed by atoms with Crippen LogP contribution in [0.25, 0.3) is 0 Å². The molecule has 2 aromatic rings. The van der Waals surface area contributed by atoms with Crippen molar-refractivity contribution in [1.82, 2.24) is 10.2 Å². The third kappa shape index (κ3) is 6.40. The SMILES string of the molecule is CNC(=O)[C@H](C)N(Cc1ccc(F)cc1)C(=O)CSCc1ccc(Cl)c(Cl)c1. The first-order valence-corrected chi connectivity index (χ1v) is 10.5. The summed E-state index contributed by atoms with van der Waals surface area (Å²) < 4.78 is 13.1. The molecule has 0 radical (unpaired) electrons. The predicted molar refractivity (Wildman–Crippen MR) is 113 cm³/mol. The summed E-state index contributed by atoms with van der Waals surface area (Å²) in [6.45, 7) is 1.89. The second-order valence-corrected chi connectivity index (χ2v) is 7.98. The number of hydrogen-bond acceptors (Lipinski definition) is 3. The van der Waals surface area contributed by atoms with Crippen LogP contribution in [0.4, 0.5) is 4.39 Å². The summed E-state index contributed by atoms with van der Waals surface area (Å²) in [7, 11) is 1.53. The maximum Gasteiger partial charge on any atom is 0.242 e. The van der Waals surface area contributed by atoms with Crippen LogP contribution >= 0.6 is 35.0 Å². The number of benzene rings is 2. The lowest BCUT2D eigenvalue weighted by atomic mass is 10.1. The zero-order valence-corrected chi connectivity index (χ0v) is 17.9. The van der Waals surface area contributed by atoms with Crippen LogP contribution in [0.3, 0.4) is 0 Å². The molecule has 0 aliphatic heterocycles. The van der Waals surface area contributed by atoms with Crippen molar-refractivity contribution in [3.63, 3.8) is 0 Å². The molecule has 0 saturated heterocycles. The van der Waals surface area contributed by atoms with Crippen LogP contribution < -0.4 is 5.32 Å². The molecule has 4 nitrogen and oxygen atoms in total. The summed E-state index contributed by atoms with van der Waals surface area (Å²) in [5.74, 6) is -0.00182. The molecule has 0 aliphatic carbocycles. The minimum atomic E-state index is -0.645. The van der Waals surface area contributed by atoms with Crippen molar-refractivity contribution in [2.24, 2.45) is 0 Å². The Bertz CT molecular complexity index is 833. The van der Waals surface area contributed by atoms with Gasteiger partial charge in [-0.25, -0.2) is 4.39 Å². The molecule has 2 amide bonds. The molecule has 1 atom stereocenters. The van der Waals surface area contributed by atoms with Crippen molar-refractivity contribution in [2.45, 2.75) is 25.3 Å². The van der Waals surface area contributed by atoms with E-state index in [0.29, 0.717) is 15.8 Å². The Morgan fingerprint density at radius 2 is 1.75 bits per heavy atom. The Balaban J connectivity index is 2.03. The third-order valence-electron chi connectivity index (χ3n) is 4.16. The fourth-order valence-corrected chi connectivity index (χ4v) is 3.73. The quantitative estimate of drug-likeness (QED) is 0.653. The second-order valence-electron chi connectivity index (χ2n) is 6.18. The summed E-state index contributed by atoms with van der Waals surface area (Å²) in [5.41, 5.74) is 1.71. The maximum absolute atomic E-state index is 13.1. The number of halogens is 3. The molecular formula is C20H21Cl2FN2O2S. The van der Waals surface area contributed by atoms with Gasteiger partial charge in [0.15, 0.2) is 0 Å². The molecule has 0 bridgehead atoms. The van der Waals surface area contributed by atoms with E-state index in [0.717, 1.165) is 11.1 Å². The Morgan fingerprint density at radius 3 is 2.36 bits per heavy atom. The number of rotatable bonds is 8. The van der Waals surface area contributed by atoms with E-state index < -0.39 is 6.04 Å². The maximum atomic E-state index is 13.1. The van der Waals surface area contributed by atoms with Crippen molar-refractivity contribution in [3.8, 4) is 0 Å². The number of nitrogens with one attached hydrogen (secondary N) is 1. The highest BCUT2D eigenvalue weighted by Gasteiger charge is 2.25. The number of hydrogen-bond donors (Lipinski definition) is 1. The van der Waals surface area contributed by atoms with Gasteiger partial charge in [-0.1, -0.05) is 41.4 Å². The monoisotopic (exact) mass is 442 g/mol. The number of likely N-dealkylation sites (N-methyl/N-ethyl adjacent to an activating group) is 1. The number of carbonyl (C=O) groups is 2. The molecule has 0 spiro atoms. The Kier molecular flexibility index (Phi) is 8.60. The summed E-state index contributed by atoms with van der Waals surface area (Å²) in [5, 5.41) is 3.51. The van der Waals surface area contributed by atoms with Gasteiger partial charge in [-0.15, -0.1) is 11.8 Å². The van der Waals surface area contributed by atoms with E-state index in [2.05, 4.69) is 5.32 Å². The van der Waals surface area contributed by atoms with Crippen molar-refractivity contribution in [2.75, 3.05) is 12.8 Å². The highest BCUT2D eigenvalue weighted by atomic mass is 35.5. The molecular weight excluding hydrogens is 422 g/mol. The number of carbonyl (C=O) groups excluding carboxylic acids is 2. The first kappa shape index (κ1) is 22.5. The van der Waals surface area contributed by atoms with Crippen molar-refractivity contribution in [1.29, 1.82) is 0 Å².